The van der Waals surface area contributed by atoms with Crippen molar-refractivity contribution in [1.29, 1.82) is 0 Å². The molecular formula is C18H34N4O3. The van der Waals surface area contributed by atoms with Crippen molar-refractivity contribution < 1.29 is 14.3 Å². The van der Waals surface area contributed by atoms with Gasteiger partial charge in [-0.25, -0.2) is 0 Å². The molecule has 0 spiro atoms. The van der Waals surface area contributed by atoms with Crippen LogP contribution in [0.3, 0.4) is 0 Å². The van der Waals surface area contributed by atoms with Crippen molar-refractivity contribution in [2.75, 3.05) is 60.1 Å². The monoisotopic (exact) mass is 354 g/mol. The molecule has 1 aliphatic heterocycles. The highest BCUT2D eigenvalue weighted by Crippen LogP contribution is 2.26. The second kappa shape index (κ2) is 9.97. The van der Waals surface area contributed by atoms with Crippen molar-refractivity contribution in [2.45, 2.75) is 32.7 Å². The highest BCUT2D eigenvalue weighted by molar-refractivity contribution is 5.82. The fourth-order valence-corrected chi connectivity index (χ4v) is 3.43. The van der Waals surface area contributed by atoms with Gasteiger partial charge in [0.05, 0.1) is 26.2 Å². The lowest BCUT2D eigenvalue weighted by Gasteiger charge is -2.23. The third kappa shape index (κ3) is 5.85. The molecule has 1 N–H and O–H groups in total. The van der Waals surface area contributed by atoms with Crippen molar-refractivity contribution in [3.05, 3.63) is 0 Å². The van der Waals surface area contributed by atoms with Crippen LogP contribution in [-0.2, 0) is 14.3 Å². The predicted octanol–water partition coefficient (Wildman–Crippen LogP) is 0.804. The molecule has 0 aromatic carbocycles. The number of likely N-dealkylation sites (tertiary alicyclic amines) is 1. The molecule has 2 fully saturated rings. The lowest BCUT2D eigenvalue weighted by molar-refractivity contribution is -0.145. The van der Waals surface area contributed by atoms with E-state index in [1.54, 1.807) is 7.11 Å². The Kier molecular flexibility index (Phi) is 7.96. The number of esters is 1. The Hall–Kier alpha value is -1.34. The lowest BCUT2D eigenvalue weighted by Crippen LogP contribution is -2.41. The highest BCUT2D eigenvalue weighted by Gasteiger charge is 2.37. The van der Waals surface area contributed by atoms with Gasteiger partial charge in [0, 0.05) is 45.9 Å². The van der Waals surface area contributed by atoms with E-state index in [0.717, 1.165) is 45.3 Å². The van der Waals surface area contributed by atoms with E-state index in [2.05, 4.69) is 29.0 Å². The first-order valence-electron chi connectivity index (χ1n) is 9.44. The van der Waals surface area contributed by atoms with Gasteiger partial charge < -0.3 is 19.7 Å². The highest BCUT2D eigenvalue weighted by atomic mass is 16.5. The van der Waals surface area contributed by atoms with Gasteiger partial charge >= 0.3 is 5.97 Å². The van der Waals surface area contributed by atoms with E-state index in [-0.39, 0.29) is 17.8 Å². The van der Waals surface area contributed by atoms with E-state index in [0.29, 0.717) is 12.6 Å². The van der Waals surface area contributed by atoms with Crippen LogP contribution in [-0.4, -0.2) is 87.9 Å². The zero-order valence-electron chi connectivity index (χ0n) is 16.2. The summed E-state index contributed by atoms with van der Waals surface area (Å²) in [5.41, 5.74) is 0. The van der Waals surface area contributed by atoms with Gasteiger partial charge in [0.2, 0.25) is 0 Å². The summed E-state index contributed by atoms with van der Waals surface area (Å²) in [6.45, 7) is 9.96. The van der Waals surface area contributed by atoms with Crippen LogP contribution in [0.25, 0.3) is 0 Å². The average molecular weight is 354 g/mol. The third-order valence-electron chi connectivity index (χ3n) is 5.05. The molecular weight excluding hydrogens is 320 g/mol. The smallest absolute Gasteiger partial charge is 0.310 e. The molecule has 7 nitrogen and oxygen atoms in total. The van der Waals surface area contributed by atoms with E-state index >= 15 is 0 Å². The standard InChI is InChI=1S/C18H34N4O3/c1-5-19-18(22-12-14(2)16(13-22)17(23)25-4)20-8-9-21(10-11-24-3)15-6-7-15/h14-16H,5-13H2,1-4H3,(H,19,20). The van der Waals surface area contributed by atoms with Gasteiger partial charge in [-0.1, -0.05) is 6.92 Å². The molecule has 2 atom stereocenters. The quantitative estimate of drug-likeness (QED) is 0.375. The number of guanidine groups is 1. The van der Waals surface area contributed by atoms with Crippen LogP contribution in [0.5, 0.6) is 0 Å². The second-order valence-corrected chi connectivity index (χ2v) is 7.01. The van der Waals surface area contributed by atoms with E-state index in [1.807, 2.05) is 0 Å². The Morgan fingerprint density at radius 1 is 1.28 bits per heavy atom. The number of aliphatic imine (C=N–C) groups is 1. The van der Waals surface area contributed by atoms with Crippen LogP contribution in [0.2, 0.25) is 0 Å². The van der Waals surface area contributed by atoms with E-state index < -0.39 is 0 Å². The maximum atomic E-state index is 11.9. The van der Waals surface area contributed by atoms with Crippen molar-refractivity contribution in [3.8, 4) is 0 Å². The number of methoxy groups -OCH3 is 2. The number of hydrogen-bond donors (Lipinski definition) is 1. The summed E-state index contributed by atoms with van der Waals surface area (Å²) < 4.78 is 10.1. The van der Waals surface area contributed by atoms with Crippen molar-refractivity contribution >= 4 is 11.9 Å². The van der Waals surface area contributed by atoms with Gasteiger partial charge in [-0.15, -0.1) is 0 Å². The SMILES string of the molecule is CCNC(=NCCN(CCOC)C1CC1)N1CC(C)C(C(=O)OC)C1. The molecule has 1 heterocycles. The summed E-state index contributed by atoms with van der Waals surface area (Å²) in [7, 11) is 3.21. The van der Waals surface area contributed by atoms with Crippen molar-refractivity contribution in [1.82, 2.24) is 15.1 Å². The number of nitrogens with one attached hydrogen (secondary N) is 1. The third-order valence-corrected chi connectivity index (χ3v) is 5.05. The Morgan fingerprint density at radius 3 is 2.64 bits per heavy atom. The predicted molar refractivity (Wildman–Crippen MR) is 98.7 cm³/mol. The number of rotatable bonds is 9. The summed E-state index contributed by atoms with van der Waals surface area (Å²) >= 11 is 0. The minimum Gasteiger partial charge on any atom is -0.469 e. The summed E-state index contributed by atoms with van der Waals surface area (Å²) in [6.07, 6.45) is 2.58. The van der Waals surface area contributed by atoms with E-state index in [9.17, 15) is 4.79 Å². The molecule has 0 aromatic rings. The molecule has 1 saturated carbocycles. The fourth-order valence-electron chi connectivity index (χ4n) is 3.43. The summed E-state index contributed by atoms with van der Waals surface area (Å²) in [4.78, 5) is 21.4. The van der Waals surface area contributed by atoms with Gasteiger partial charge in [-0.3, -0.25) is 14.7 Å². The molecule has 2 unspecified atom stereocenters. The minimum atomic E-state index is -0.120. The van der Waals surface area contributed by atoms with Gasteiger partial charge in [0.1, 0.15) is 0 Å². The lowest BCUT2D eigenvalue weighted by atomic mass is 9.99. The van der Waals surface area contributed by atoms with Crippen LogP contribution in [0, 0.1) is 11.8 Å². The topological polar surface area (TPSA) is 66.4 Å². The Labute approximate surface area is 151 Å². The molecule has 25 heavy (non-hydrogen) atoms. The summed E-state index contributed by atoms with van der Waals surface area (Å²) in [5.74, 6) is 0.994. The Morgan fingerprint density at radius 2 is 2.04 bits per heavy atom. The first-order chi connectivity index (χ1) is 12.1. The Balaban J connectivity index is 1.90. The second-order valence-electron chi connectivity index (χ2n) is 7.01. The maximum Gasteiger partial charge on any atom is 0.310 e. The molecule has 0 radical (unpaired) electrons. The molecule has 0 aromatic heterocycles. The molecule has 2 aliphatic rings. The molecule has 1 saturated heterocycles. The van der Waals surface area contributed by atoms with Gasteiger partial charge in [0.15, 0.2) is 5.96 Å². The van der Waals surface area contributed by atoms with Crippen LogP contribution in [0.4, 0.5) is 0 Å². The number of ether oxygens (including phenoxy) is 2. The molecule has 7 heteroatoms. The number of nitrogens with zero attached hydrogens (tertiary/aromatic N) is 3. The largest absolute Gasteiger partial charge is 0.469 e. The van der Waals surface area contributed by atoms with Crippen molar-refractivity contribution in [2.24, 2.45) is 16.8 Å². The number of carbonyl (C=O) groups is 1. The van der Waals surface area contributed by atoms with Crippen LogP contribution in [0.15, 0.2) is 4.99 Å². The van der Waals surface area contributed by atoms with Gasteiger partial charge in [-0.05, 0) is 25.7 Å². The number of carbonyl (C=O) groups excluding carboxylic acids is 1. The van der Waals surface area contributed by atoms with Crippen LogP contribution in [0.1, 0.15) is 26.7 Å². The molecule has 144 valence electrons. The molecule has 0 amide bonds. The molecule has 1 aliphatic carbocycles. The van der Waals surface area contributed by atoms with E-state index in [4.69, 9.17) is 14.5 Å². The number of hydrogen-bond acceptors (Lipinski definition) is 5. The summed E-state index contributed by atoms with van der Waals surface area (Å²) in [5, 5.41) is 3.36. The normalized spacial score (nSPS) is 24.0. The zero-order valence-corrected chi connectivity index (χ0v) is 16.2. The maximum absolute atomic E-state index is 11.9. The first kappa shape index (κ1) is 20.0. The summed E-state index contributed by atoms with van der Waals surface area (Å²) in [6, 6.07) is 0.712. The average Bonchev–Trinajstić information content (AvgIpc) is 3.38. The zero-order chi connectivity index (χ0) is 18.2. The fraction of sp³-hybridized carbons (Fsp3) is 0.889. The first-order valence-corrected chi connectivity index (χ1v) is 9.44. The van der Waals surface area contributed by atoms with Crippen LogP contribution < -0.4 is 5.32 Å². The Bertz CT molecular complexity index is 454. The van der Waals surface area contributed by atoms with Gasteiger partial charge in [0.25, 0.3) is 0 Å². The van der Waals surface area contributed by atoms with Crippen molar-refractivity contribution in [3.63, 3.8) is 0 Å². The van der Waals surface area contributed by atoms with Gasteiger partial charge in [-0.2, -0.15) is 0 Å². The molecule has 0 bridgehead atoms. The van der Waals surface area contributed by atoms with Crippen LogP contribution >= 0.6 is 0 Å². The minimum absolute atomic E-state index is 0.0708. The van der Waals surface area contributed by atoms with E-state index in [1.165, 1.54) is 20.0 Å². The molecule has 2 rings (SSSR count).